The van der Waals surface area contributed by atoms with Crippen LogP contribution in [0.25, 0.3) is 10.9 Å². The molecular weight excluding hydrogens is 261 g/mol. The Morgan fingerprint density at radius 1 is 1.29 bits per heavy atom. The van der Waals surface area contributed by atoms with Gasteiger partial charge in [0.05, 0.1) is 4.92 Å². The summed E-state index contributed by atoms with van der Waals surface area (Å²) in [4.78, 5) is 13.0. The van der Waals surface area contributed by atoms with Crippen LogP contribution in [0.2, 0.25) is 5.02 Å². The fourth-order valence-electron chi connectivity index (χ4n) is 1.33. The maximum Gasteiger partial charge on any atom is 0.306 e. The van der Waals surface area contributed by atoms with Crippen molar-refractivity contribution in [2.75, 3.05) is 0 Å². The highest BCUT2D eigenvalue weighted by Gasteiger charge is 2.22. The Morgan fingerprint density at radius 3 is 2.53 bits per heavy atom. The molecule has 0 saturated carbocycles. The van der Waals surface area contributed by atoms with Crippen molar-refractivity contribution in [3.63, 3.8) is 0 Å². The highest BCUT2D eigenvalue weighted by molar-refractivity contribution is 6.37. The van der Waals surface area contributed by atoms with E-state index in [1.54, 1.807) is 0 Å². The number of aromatic nitrogens is 1. The van der Waals surface area contributed by atoms with Gasteiger partial charge in [-0.1, -0.05) is 11.6 Å². The topological polar surface area (TPSA) is 56.0 Å². The molecule has 0 N–H and O–H groups in total. The lowest BCUT2D eigenvalue weighted by Crippen LogP contribution is -1.97. The first kappa shape index (κ1) is 11.6. The van der Waals surface area contributed by atoms with E-state index in [2.05, 4.69) is 4.98 Å². The van der Waals surface area contributed by atoms with Crippen LogP contribution in [0.3, 0.4) is 0 Å². The van der Waals surface area contributed by atoms with Crippen molar-refractivity contribution >= 4 is 28.2 Å². The first-order chi connectivity index (χ1) is 7.93. The molecule has 0 amide bonds. The first-order valence-electron chi connectivity index (χ1n) is 4.19. The van der Waals surface area contributed by atoms with Crippen molar-refractivity contribution in [3.05, 3.63) is 44.9 Å². The lowest BCUT2D eigenvalue weighted by atomic mass is 10.2. The van der Waals surface area contributed by atoms with Crippen molar-refractivity contribution in [1.82, 2.24) is 4.98 Å². The van der Waals surface area contributed by atoms with E-state index in [9.17, 15) is 23.3 Å². The molecule has 17 heavy (non-hydrogen) atoms. The summed E-state index contributed by atoms with van der Waals surface area (Å²) in [6, 6.07) is 0.566. The average molecular weight is 263 g/mol. The summed E-state index contributed by atoms with van der Waals surface area (Å²) < 4.78 is 39.1. The van der Waals surface area contributed by atoms with Crippen molar-refractivity contribution < 1.29 is 18.1 Å². The van der Waals surface area contributed by atoms with Crippen LogP contribution in [0.5, 0.6) is 0 Å². The molecule has 88 valence electrons. The first-order valence-corrected chi connectivity index (χ1v) is 4.57. The van der Waals surface area contributed by atoms with Gasteiger partial charge in [-0.3, -0.25) is 10.1 Å². The zero-order chi connectivity index (χ0) is 12.7. The molecule has 0 bridgehead atoms. The number of halogens is 4. The van der Waals surface area contributed by atoms with E-state index in [1.807, 2.05) is 0 Å². The van der Waals surface area contributed by atoms with Gasteiger partial charge < -0.3 is 0 Å². The van der Waals surface area contributed by atoms with Crippen LogP contribution in [0.15, 0.2) is 12.3 Å². The summed E-state index contributed by atoms with van der Waals surface area (Å²) in [7, 11) is 0. The monoisotopic (exact) mass is 262 g/mol. The minimum absolute atomic E-state index is 0.350. The number of rotatable bonds is 1. The fourth-order valence-corrected chi connectivity index (χ4v) is 1.59. The van der Waals surface area contributed by atoms with Gasteiger partial charge in [0.15, 0.2) is 17.5 Å². The molecule has 1 aromatic heterocycles. The molecule has 0 atom stereocenters. The number of nitrogens with zero attached hydrogens (tertiary/aromatic N) is 2. The maximum absolute atomic E-state index is 13.3. The van der Waals surface area contributed by atoms with Gasteiger partial charge in [0.1, 0.15) is 16.7 Å². The van der Waals surface area contributed by atoms with Gasteiger partial charge in [-0.2, -0.15) is 0 Å². The largest absolute Gasteiger partial charge is 0.306 e. The lowest BCUT2D eigenvalue weighted by Gasteiger charge is -2.03. The SMILES string of the molecule is O=[N+]([O-])c1cnc2c(F)c(F)c(F)cc2c1Cl. The summed E-state index contributed by atoms with van der Waals surface area (Å²) in [5.74, 6) is -4.72. The summed E-state index contributed by atoms with van der Waals surface area (Å²) in [5.41, 5.74) is -1.16. The van der Waals surface area contributed by atoms with E-state index >= 15 is 0 Å². The molecule has 0 spiro atoms. The Morgan fingerprint density at radius 2 is 1.94 bits per heavy atom. The third-order valence-electron chi connectivity index (χ3n) is 2.11. The maximum atomic E-state index is 13.3. The van der Waals surface area contributed by atoms with Gasteiger partial charge in [-0.15, -0.1) is 0 Å². The molecule has 4 nitrogen and oxygen atoms in total. The van der Waals surface area contributed by atoms with Gasteiger partial charge in [0.2, 0.25) is 0 Å². The number of fused-ring (bicyclic) bond motifs is 1. The number of pyridine rings is 1. The van der Waals surface area contributed by atoms with Crippen LogP contribution in [-0.4, -0.2) is 9.91 Å². The molecule has 1 aromatic carbocycles. The van der Waals surface area contributed by atoms with E-state index in [4.69, 9.17) is 11.6 Å². The van der Waals surface area contributed by atoms with E-state index in [-0.39, 0.29) is 5.39 Å². The lowest BCUT2D eigenvalue weighted by molar-refractivity contribution is -0.384. The minimum Gasteiger partial charge on any atom is -0.258 e. The third-order valence-corrected chi connectivity index (χ3v) is 2.51. The van der Waals surface area contributed by atoms with Crippen LogP contribution in [-0.2, 0) is 0 Å². The predicted molar refractivity (Wildman–Crippen MR) is 53.3 cm³/mol. The molecule has 0 aliphatic heterocycles. The molecular formula is C9H2ClF3N2O2. The average Bonchev–Trinajstić information content (AvgIpc) is 2.27. The van der Waals surface area contributed by atoms with Crippen molar-refractivity contribution in [3.8, 4) is 0 Å². The number of benzene rings is 1. The Labute approximate surface area is 96.8 Å². The van der Waals surface area contributed by atoms with Crippen molar-refractivity contribution in [2.45, 2.75) is 0 Å². The Kier molecular flexibility index (Phi) is 2.62. The van der Waals surface area contributed by atoms with Crippen molar-refractivity contribution in [1.29, 1.82) is 0 Å². The Bertz CT molecular complexity index is 648. The molecule has 2 aromatic rings. The van der Waals surface area contributed by atoms with Gasteiger partial charge in [0.25, 0.3) is 0 Å². The van der Waals surface area contributed by atoms with Crippen LogP contribution in [0.4, 0.5) is 18.9 Å². The van der Waals surface area contributed by atoms with E-state index in [1.165, 1.54) is 0 Å². The summed E-state index contributed by atoms with van der Waals surface area (Å²) in [6.07, 6.45) is 0.686. The fraction of sp³-hybridized carbons (Fsp3) is 0. The highest BCUT2D eigenvalue weighted by atomic mass is 35.5. The second-order valence-corrected chi connectivity index (χ2v) is 3.48. The predicted octanol–water partition coefficient (Wildman–Crippen LogP) is 3.21. The van der Waals surface area contributed by atoms with Gasteiger partial charge in [-0.25, -0.2) is 18.2 Å². The molecule has 0 fully saturated rings. The van der Waals surface area contributed by atoms with Gasteiger partial charge in [0, 0.05) is 5.39 Å². The van der Waals surface area contributed by atoms with Gasteiger partial charge >= 0.3 is 5.69 Å². The third kappa shape index (κ3) is 1.68. The smallest absolute Gasteiger partial charge is 0.258 e. The molecule has 0 saturated heterocycles. The summed E-state index contributed by atoms with van der Waals surface area (Å²) in [5, 5.41) is 9.68. The molecule has 0 radical (unpaired) electrons. The van der Waals surface area contributed by atoms with Gasteiger partial charge in [-0.05, 0) is 6.07 Å². The summed E-state index contributed by atoms with van der Waals surface area (Å²) >= 11 is 5.60. The van der Waals surface area contributed by atoms with E-state index in [0.29, 0.717) is 12.3 Å². The molecule has 8 heteroatoms. The Hall–Kier alpha value is -1.89. The number of nitro groups is 1. The zero-order valence-electron chi connectivity index (χ0n) is 7.88. The Balaban J connectivity index is 2.92. The molecule has 2 rings (SSSR count). The summed E-state index contributed by atoms with van der Waals surface area (Å²) in [6.45, 7) is 0. The van der Waals surface area contributed by atoms with Crippen LogP contribution in [0.1, 0.15) is 0 Å². The molecule has 0 unspecified atom stereocenters. The minimum atomic E-state index is -1.70. The second-order valence-electron chi connectivity index (χ2n) is 3.10. The molecule has 0 aliphatic rings. The van der Waals surface area contributed by atoms with Crippen molar-refractivity contribution in [2.24, 2.45) is 0 Å². The number of hydrogen-bond donors (Lipinski definition) is 0. The van der Waals surface area contributed by atoms with E-state index in [0.717, 1.165) is 0 Å². The highest BCUT2D eigenvalue weighted by Crippen LogP contribution is 2.33. The standard InChI is InChI=1S/C9H2ClF3N2O2/c10-6-3-1-4(11)7(12)8(13)9(3)14-2-5(6)15(16)17/h1-2H. The molecule has 0 aliphatic carbocycles. The number of hydrogen-bond acceptors (Lipinski definition) is 3. The molecule has 1 heterocycles. The quantitative estimate of drug-likeness (QED) is 0.450. The van der Waals surface area contributed by atoms with E-state index < -0.39 is 38.6 Å². The normalized spacial score (nSPS) is 10.8. The zero-order valence-corrected chi connectivity index (χ0v) is 8.63. The second kappa shape index (κ2) is 3.85. The van der Waals surface area contributed by atoms with Crippen LogP contribution in [0, 0.1) is 27.6 Å². The van der Waals surface area contributed by atoms with Crippen LogP contribution >= 0.6 is 11.6 Å². The van der Waals surface area contributed by atoms with Crippen LogP contribution < -0.4 is 0 Å².